The molecule has 2 heterocycles. The van der Waals surface area contributed by atoms with Crippen LogP contribution in [0.4, 0.5) is 4.39 Å². The maximum absolute atomic E-state index is 13.2. The lowest BCUT2D eigenvalue weighted by Crippen LogP contribution is -2.45. The molecule has 1 N–H and O–H groups in total. The van der Waals surface area contributed by atoms with E-state index >= 15 is 0 Å². The van der Waals surface area contributed by atoms with Gasteiger partial charge in [-0.1, -0.05) is 29.3 Å². The molecule has 0 bridgehead atoms. The van der Waals surface area contributed by atoms with Crippen LogP contribution in [0.2, 0.25) is 10.3 Å². The molecule has 1 aromatic rings. The van der Waals surface area contributed by atoms with Crippen molar-refractivity contribution in [1.82, 2.24) is 15.2 Å². The van der Waals surface area contributed by atoms with Crippen LogP contribution in [-0.4, -0.2) is 42.7 Å². The van der Waals surface area contributed by atoms with E-state index in [0.29, 0.717) is 15.9 Å². The van der Waals surface area contributed by atoms with Crippen molar-refractivity contribution >= 4 is 48.0 Å². The maximum Gasteiger partial charge on any atom is 0.135 e. The Bertz CT molecular complexity index is 388. The molecule has 0 radical (unpaired) electrons. The van der Waals surface area contributed by atoms with Gasteiger partial charge in [0.1, 0.15) is 17.0 Å². The molecule has 8 heteroatoms. The summed E-state index contributed by atoms with van der Waals surface area (Å²) in [6, 6.07) is 3.08. The number of rotatable bonds is 3. The van der Waals surface area contributed by atoms with Crippen molar-refractivity contribution in [3.63, 3.8) is 0 Å². The molecule has 0 aromatic carbocycles. The second-order valence-electron chi connectivity index (χ2n) is 3.97. The van der Waals surface area contributed by atoms with E-state index in [2.05, 4.69) is 15.2 Å². The van der Waals surface area contributed by atoms with Crippen molar-refractivity contribution in [2.75, 3.05) is 32.9 Å². The fourth-order valence-corrected chi connectivity index (χ4v) is 2.51. The first kappa shape index (κ1) is 19.2. The summed E-state index contributed by atoms with van der Waals surface area (Å²) in [6.45, 7) is 2.90. The first-order valence-corrected chi connectivity index (χ1v) is 6.30. The van der Waals surface area contributed by atoms with Crippen LogP contribution in [0.15, 0.2) is 12.1 Å². The minimum Gasteiger partial charge on any atom is -0.314 e. The van der Waals surface area contributed by atoms with Gasteiger partial charge in [0, 0.05) is 31.7 Å². The summed E-state index contributed by atoms with van der Waals surface area (Å²) in [5.74, 6) is 0. The number of pyridine rings is 1. The topological polar surface area (TPSA) is 28.2 Å². The van der Waals surface area contributed by atoms with Gasteiger partial charge in [0.05, 0.1) is 6.04 Å². The van der Waals surface area contributed by atoms with Gasteiger partial charge in [0.15, 0.2) is 0 Å². The standard InChI is InChI=1S/C11H14Cl2FN3.2ClH/c12-10-2-1-8(11(13)16-10)9(7-14)17-5-3-15-4-6-17;;/h1-2,9,15H,3-7H2;2*1H/t9-;;/m1../s1. The van der Waals surface area contributed by atoms with E-state index in [4.69, 9.17) is 23.2 Å². The summed E-state index contributed by atoms with van der Waals surface area (Å²) >= 11 is 11.8. The third kappa shape index (κ3) is 4.88. The molecule has 19 heavy (non-hydrogen) atoms. The van der Waals surface area contributed by atoms with Gasteiger partial charge in [0.2, 0.25) is 0 Å². The molecule has 0 amide bonds. The Morgan fingerprint density at radius 1 is 1.26 bits per heavy atom. The zero-order chi connectivity index (χ0) is 12.3. The quantitative estimate of drug-likeness (QED) is 0.849. The number of nitrogens with one attached hydrogen (secondary N) is 1. The second-order valence-corrected chi connectivity index (χ2v) is 4.72. The average Bonchev–Trinajstić information content (AvgIpc) is 2.34. The Hall–Kier alpha value is 0.160. The summed E-state index contributed by atoms with van der Waals surface area (Å²) in [7, 11) is 0. The SMILES string of the molecule is Cl.Cl.FC[C@H](c1ccc(Cl)nc1Cl)N1CCNCC1. The molecule has 110 valence electrons. The number of halogens is 5. The molecular weight excluding hydrogens is 335 g/mol. The minimum atomic E-state index is -0.469. The summed E-state index contributed by atoms with van der Waals surface area (Å²) < 4.78 is 13.2. The highest BCUT2D eigenvalue weighted by molar-refractivity contribution is 6.32. The van der Waals surface area contributed by atoms with Crippen LogP contribution in [-0.2, 0) is 0 Å². The summed E-state index contributed by atoms with van der Waals surface area (Å²) in [6.07, 6.45) is 0. The van der Waals surface area contributed by atoms with Crippen LogP contribution in [0.3, 0.4) is 0 Å². The number of aromatic nitrogens is 1. The van der Waals surface area contributed by atoms with Crippen LogP contribution in [0.1, 0.15) is 11.6 Å². The van der Waals surface area contributed by atoms with Gasteiger partial charge in [-0.15, -0.1) is 24.8 Å². The van der Waals surface area contributed by atoms with Crippen molar-refractivity contribution in [2.24, 2.45) is 0 Å². The molecule has 1 atom stereocenters. The Labute approximate surface area is 134 Å². The van der Waals surface area contributed by atoms with Crippen molar-refractivity contribution in [1.29, 1.82) is 0 Å². The van der Waals surface area contributed by atoms with E-state index in [1.807, 2.05) is 0 Å². The molecule has 0 unspecified atom stereocenters. The lowest BCUT2D eigenvalue weighted by molar-refractivity contribution is 0.147. The Morgan fingerprint density at radius 3 is 2.42 bits per heavy atom. The smallest absolute Gasteiger partial charge is 0.135 e. The monoisotopic (exact) mass is 349 g/mol. The predicted molar refractivity (Wildman–Crippen MR) is 81.9 cm³/mol. The average molecular weight is 351 g/mol. The molecule has 1 saturated heterocycles. The molecule has 2 rings (SSSR count). The third-order valence-electron chi connectivity index (χ3n) is 2.94. The lowest BCUT2D eigenvalue weighted by Gasteiger charge is -2.33. The second kappa shape index (κ2) is 9.16. The van der Waals surface area contributed by atoms with Crippen LogP contribution >= 0.6 is 48.0 Å². The summed E-state index contributed by atoms with van der Waals surface area (Å²) in [5.41, 5.74) is 0.709. The van der Waals surface area contributed by atoms with E-state index in [1.54, 1.807) is 12.1 Å². The zero-order valence-corrected chi connectivity index (χ0v) is 13.3. The maximum atomic E-state index is 13.2. The first-order valence-electron chi connectivity index (χ1n) is 5.55. The number of piperazine rings is 1. The van der Waals surface area contributed by atoms with Crippen LogP contribution in [0.25, 0.3) is 0 Å². The van der Waals surface area contributed by atoms with Crippen LogP contribution < -0.4 is 5.32 Å². The predicted octanol–water partition coefficient (Wildman–Crippen LogP) is 3.15. The highest BCUT2D eigenvalue weighted by Crippen LogP contribution is 2.28. The molecule has 1 aromatic heterocycles. The highest BCUT2D eigenvalue weighted by atomic mass is 35.5. The van der Waals surface area contributed by atoms with Crippen molar-refractivity contribution < 1.29 is 4.39 Å². The van der Waals surface area contributed by atoms with E-state index in [9.17, 15) is 4.39 Å². The van der Waals surface area contributed by atoms with E-state index in [1.165, 1.54) is 0 Å². The zero-order valence-electron chi connectivity index (χ0n) is 10.1. The fraction of sp³-hybridized carbons (Fsp3) is 0.545. The number of nitrogens with zero attached hydrogens (tertiary/aromatic N) is 2. The molecule has 1 aliphatic heterocycles. The Kier molecular flexibility index (Phi) is 9.24. The van der Waals surface area contributed by atoms with Crippen LogP contribution in [0, 0.1) is 0 Å². The van der Waals surface area contributed by atoms with Gasteiger partial charge in [0.25, 0.3) is 0 Å². The van der Waals surface area contributed by atoms with Crippen LogP contribution in [0.5, 0.6) is 0 Å². The number of hydrogen-bond acceptors (Lipinski definition) is 3. The van der Waals surface area contributed by atoms with Crippen molar-refractivity contribution in [3.8, 4) is 0 Å². The highest BCUT2D eigenvalue weighted by Gasteiger charge is 2.24. The van der Waals surface area contributed by atoms with Gasteiger partial charge < -0.3 is 5.32 Å². The summed E-state index contributed by atoms with van der Waals surface area (Å²) in [5, 5.41) is 3.86. The fourth-order valence-electron chi connectivity index (χ4n) is 2.04. The van der Waals surface area contributed by atoms with Gasteiger partial charge in [-0.25, -0.2) is 9.37 Å². The first-order chi connectivity index (χ1) is 8.22. The molecule has 0 aliphatic carbocycles. The van der Waals surface area contributed by atoms with Crippen molar-refractivity contribution in [2.45, 2.75) is 6.04 Å². The van der Waals surface area contributed by atoms with E-state index < -0.39 is 6.67 Å². The minimum absolute atomic E-state index is 0. The van der Waals surface area contributed by atoms with Crippen molar-refractivity contribution in [3.05, 3.63) is 28.0 Å². The van der Waals surface area contributed by atoms with E-state index in [0.717, 1.165) is 26.2 Å². The molecule has 1 aliphatic rings. The largest absolute Gasteiger partial charge is 0.314 e. The molecule has 0 spiro atoms. The molecule has 0 saturated carbocycles. The van der Waals surface area contributed by atoms with Gasteiger partial charge in [-0.2, -0.15) is 0 Å². The lowest BCUT2D eigenvalue weighted by atomic mass is 10.1. The van der Waals surface area contributed by atoms with E-state index in [-0.39, 0.29) is 30.9 Å². The molecule has 1 fully saturated rings. The Morgan fingerprint density at radius 2 is 1.89 bits per heavy atom. The number of alkyl halides is 1. The summed E-state index contributed by atoms with van der Waals surface area (Å²) in [4.78, 5) is 6.04. The molecule has 3 nitrogen and oxygen atoms in total. The third-order valence-corrected chi connectivity index (χ3v) is 3.45. The normalized spacial score (nSPS) is 17.2. The molecular formula is C11H16Cl4FN3. The van der Waals surface area contributed by atoms with Gasteiger partial charge in [-0.3, -0.25) is 4.90 Å². The van der Waals surface area contributed by atoms with Gasteiger partial charge >= 0.3 is 0 Å². The van der Waals surface area contributed by atoms with Gasteiger partial charge in [-0.05, 0) is 6.07 Å². The Balaban J connectivity index is 0.00000162. The number of hydrogen-bond donors (Lipinski definition) is 1.